The molecule has 0 spiro atoms. The number of hydrogen-bond acceptors (Lipinski definition) is 4. The van der Waals surface area contributed by atoms with E-state index in [-0.39, 0.29) is 0 Å². The van der Waals surface area contributed by atoms with Gasteiger partial charge in [-0.2, -0.15) is 0 Å². The highest BCUT2D eigenvalue weighted by Crippen LogP contribution is 2.26. The molecule has 0 saturated carbocycles. The maximum Gasteiger partial charge on any atom is 0.162 e. The van der Waals surface area contributed by atoms with Crippen LogP contribution in [0.4, 0.5) is 5.82 Å². The Morgan fingerprint density at radius 2 is 2.06 bits per heavy atom. The highest BCUT2D eigenvalue weighted by atomic mass is 79.9. The molecule has 18 heavy (non-hydrogen) atoms. The molecular formula is C13H14BrN3O. The van der Waals surface area contributed by atoms with E-state index in [0.717, 1.165) is 21.5 Å². The number of rotatable bonds is 4. The van der Waals surface area contributed by atoms with Gasteiger partial charge in [-0.3, -0.25) is 0 Å². The van der Waals surface area contributed by atoms with Gasteiger partial charge in [0.2, 0.25) is 0 Å². The minimum atomic E-state index is 0.467. The molecule has 0 unspecified atom stereocenters. The van der Waals surface area contributed by atoms with Crippen molar-refractivity contribution in [2.24, 2.45) is 0 Å². The van der Waals surface area contributed by atoms with Crippen molar-refractivity contribution in [3.8, 4) is 11.4 Å². The predicted molar refractivity (Wildman–Crippen MR) is 75.4 cm³/mol. The Labute approximate surface area is 115 Å². The lowest BCUT2D eigenvalue weighted by atomic mass is 10.2. The summed E-state index contributed by atoms with van der Waals surface area (Å²) in [5.41, 5.74) is 1.81. The third kappa shape index (κ3) is 2.86. The first-order chi connectivity index (χ1) is 8.74. The fourth-order valence-corrected chi connectivity index (χ4v) is 2.07. The van der Waals surface area contributed by atoms with Gasteiger partial charge < -0.3 is 10.1 Å². The minimum Gasteiger partial charge on any atom is -0.378 e. The van der Waals surface area contributed by atoms with Crippen LogP contribution < -0.4 is 5.32 Å². The van der Waals surface area contributed by atoms with E-state index in [2.05, 4.69) is 31.2 Å². The second-order valence-corrected chi connectivity index (χ2v) is 4.59. The molecule has 0 bridgehead atoms. The number of nitrogens with zero attached hydrogens (tertiary/aromatic N) is 2. The Morgan fingerprint density at radius 3 is 2.72 bits per heavy atom. The molecule has 4 nitrogen and oxygen atoms in total. The maximum atomic E-state index is 5.12. The summed E-state index contributed by atoms with van der Waals surface area (Å²) in [6.45, 7) is 0.467. The van der Waals surface area contributed by atoms with Crippen LogP contribution in [0, 0.1) is 0 Å². The largest absolute Gasteiger partial charge is 0.378 e. The Bertz CT molecular complexity index is 546. The Balaban J connectivity index is 2.50. The molecule has 0 aliphatic heterocycles. The summed E-state index contributed by atoms with van der Waals surface area (Å²) in [6.07, 6.45) is 0. The third-order valence-electron chi connectivity index (χ3n) is 2.44. The zero-order valence-corrected chi connectivity index (χ0v) is 11.9. The Kier molecular flexibility index (Phi) is 4.28. The van der Waals surface area contributed by atoms with Crippen LogP contribution in [-0.2, 0) is 11.3 Å². The summed E-state index contributed by atoms with van der Waals surface area (Å²) < 4.78 is 6.09. The van der Waals surface area contributed by atoms with Crippen LogP contribution in [0.2, 0.25) is 0 Å². The fourth-order valence-electron chi connectivity index (χ4n) is 1.61. The van der Waals surface area contributed by atoms with E-state index in [0.29, 0.717) is 12.4 Å². The number of ether oxygens (including phenoxy) is 1. The van der Waals surface area contributed by atoms with E-state index in [4.69, 9.17) is 4.74 Å². The molecule has 0 saturated heterocycles. The molecule has 1 heterocycles. The van der Waals surface area contributed by atoms with E-state index in [1.807, 2.05) is 37.4 Å². The van der Waals surface area contributed by atoms with Crippen molar-refractivity contribution in [1.29, 1.82) is 0 Å². The average Bonchev–Trinajstić information content (AvgIpc) is 2.39. The number of anilines is 1. The monoisotopic (exact) mass is 307 g/mol. The lowest BCUT2D eigenvalue weighted by Crippen LogP contribution is -2.02. The molecule has 1 aromatic carbocycles. The zero-order chi connectivity index (χ0) is 13.0. The molecule has 5 heteroatoms. The first kappa shape index (κ1) is 13.0. The fraction of sp³-hybridized carbons (Fsp3) is 0.231. The van der Waals surface area contributed by atoms with E-state index < -0.39 is 0 Å². The lowest BCUT2D eigenvalue weighted by Gasteiger charge is -2.08. The van der Waals surface area contributed by atoms with Gasteiger partial charge in [0.15, 0.2) is 5.82 Å². The lowest BCUT2D eigenvalue weighted by molar-refractivity contribution is 0.181. The number of methoxy groups -OCH3 is 1. The van der Waals surface area contributed by atoms with Gasteiger partial charge in [0.25, 0.3) is 0 Å². The number of nitrogens with one attached hydrogen (secondary N) is 1. The smallest absolute Gasteiger partial charge is 0.162 e. The minimum absolute atomic E-state index is 0.467. The highest BCUT2D eigenvalue weighted by molar-refractivity contribution is 9.10. The normalized spacial score (nSPS) is 10.4. The molecule has 0 fully saturated rings. The summed E-state index contributed by atoms with van der Waals surface area (Å²) in [7, 11) is 3.49. The summed E-state index contributed by atoms with van der Waals surface area (Å²) in [4.78, 5) is 8.95. The standard InChI is InChI=1S/C13H14BrN3O/c1-15-12-7-9(8-18-2)16-13(17-12)10-5-3-4-6-11(10)14/h3-7H,8H2,1-2H3,(H,15,16,17). The molecule has 0 amide bonds. The molecular weight excluding hydrogens is 294 g/mol. The molecule has 0 aliphatic carbocycles. The molecule has 94 valence electrons. The van der Waals surface area contributed by atoms with Crippen LogP contribution >= 0.6 is 15.9 Å². The van der Waals surface area contributed by atoms with Crippen molar-refractivity contribution >= 4 is 21.7 Å². The van der Waals surface area contributed by atoms with Crippen molar-refractivity contribution in [3.63, 3.8) is 0 Å². The van der Waals surface area contributed by atoms with Gasteiger partial charge in [-0.15, -0.1) is 0 Å². The topological polar surface area (TPSA) is 47.0 Å². The molecule has 0 atom stereocenters. The first-order valence-corrected chi connectivity index (χ1v) is 6.33. The molecule has 1 N–H and O–H groups in total. The number of aromatic nitrogens is 2. The highest BCUT2D eigenvalue weighted by Gasteiger charge is 2.08. The SMILES string of the molecule is CNc1cc(COC)nc(-c2ccccc2Br)n1. The van der Waals surface area contributed by atoms with E-state index >= 15 is 0 Å². The van der Waals surface area contributed by atoms with Gasteiger partial charge in [0, 0.05) is 30.3 Å². The van der Waals surface area contributed by atoms with E-state index in [9.17, 15) is 0 Å². The van der Waals surface area contributed by atoms with Crippen LogP contribution in [0.15, 0.2) is 34.8 Å². The first-order valence-electron chi connectivity index (χ1n) is 5.54. The summed E-state index contributed by atoms with van der Waals surface area (Å²) in [5, 5.41) is 3.03. The van der Waals surface area contributed by atoms with Gasteiger partial charge in [-0.25, -0.2) is 9.97 Å². The zero-order valence-electron chi connectivity index (χ0n) is 10.3. The molecule has 1 aromatic heterocycles. The molecule has 0 aliphatic rings. The summed E-state index contributed by atoms with van der Waals surface area (Å²) in [6, 6.07) is 9.76. The van der Waals surface area contributed by atoms with Crippen LogP contribution in [0.5, 0.6) is 0 Å². The van der Waals surface area contributed by atoms with Gasteiger partial charge in [-0.1, -0.05) is 34.1 Å². The second-order valence-electron chi connectivity index (χ2n) is 3.73. The van der Waals surface area contributed by atoms with Crippen LogP contribution in [-0.4, -0.2) is 24.1 Å². The van der Waals surface area contributed by atoms with Crippen LogP contribution in [0.3, 0.4) is 0 Å². The van der Waals surface area contributed by atoms with Crippen molar-refractivity contribution < 1.29 is 4.74 Å². The molecule has 0 radical (unpaired) electrons. The second kappa shape index (κ2) is 5.93. The quantitative estimate of drug-likeness (QED) is 0.943. The van der Waals surface area contributed by atoms with Gasteiger partial charge in [-0.05, 0) is 6.07 Å². The summed E-state index contributed by atoms with van der Waals surface area (Å²) in [5.74, 6) is 1.46. The van der Waals surface area contributed by atoms with E-state index in [1.54, 1.807) is 7.11 Å². The number of benzene rings is 1. The van der Waals surface area contributed by atoms with Crippen molar-refractivity contribution in [3.05, 3.63) is 40.5 Å². The molecule has 2 aromatic rings. The Hall–Kier alpha value is -1.46. The van der Waals surface area contributed by atoms with Crippen molar-refractivity contribution in [1.82, 2.24) is 9.97 Å². The third-order valence-corrected chi connectivity index (χ3v) is 3.13. The van der Waals surface area contributed by atoms with E-state index in [1.165, 1.54) is 0 Å². The van der Waals surface area contributed by atoms with Crippen molar-refractivity contribution in [2.45, 2.75) is 6.61 Å². The van der Waals surface area contributed by atoms with Crippen LogP contribution in [0.1, 0.15) is 5.69 Å². The number of halogens is 1. The summed E-state index contributed by atoms with van der Waals surface area (Å²) >= 11 is 3.51. The average molecular weight is 308 g/mol. The van der Waals surface area contributed by atoms with Gasteiger partial charge >= 0.3 is 0 Å². The van der Waals surface area contributed by atoms with Gasteiger partial charge in [0.1, 0.15) is 5.82 Å². The van der Waals surface area contributed by atoms with Crippen LogP contribution in [0.25, 0.3) is 11.4 Å². The molecule has 2 rings (SSSR count). The van der Waals surface area contributed by atoms with Gasteiger partial charge in [0.05, 0.1) is 12.3 Å². The predicted octanol–water partition coefficient (Wildman–Crippen LogP) is 3.09. The maximum absolute atomic E-state index is 5.12. The Morgan fingerprint density at radius 1 is 1.28 bits per heavy atom. The number of hydrogen-bond donors (Lipinski definition) is 1. The van der Waals surface area contributed by atoms with Crippen molar-refractivity contribution in [2.75, 3.05) is 19.5 Å².